The number of hydrogen-bond donors (Lipinski definition) is 1. The van der Waals surface area contributed by atoms with Crippen LogP contribution in [0.4, 0.5) is 15.8 Å². The van der Waals surface area contributed by atoms with E-state index in [0.29, 0.717) is 41.2 Å². The van der Waals surface area contributed by atoms with Gasteiger partial charge in [-0.05, 0) is 70.0 Å². The molecule has 3 heterocycles. The molecule has 2 aromatic heterocycles. The minimum absolute atomic E-state index is 0.0938. The van der Waals surface area contributed by atoms with Crippen LogP contribution in [0.15, 0.2) is 55.0 Å². The highest BCUT2D eigenvalue weighted by molar-refractivity contribution is 5.98. The summed E-state index contributed by atoms with van der Waals surface area (Å²) in [5.74, 6) is 0.108. The third kappa shape index (κ3) is 5.09. The molecule has 9 heteroatoms. The fourth-order valence-electron chi connectivity index (χ4n) is 4.51. The maximum Gasteiger partial charge on any atom is 0.228 e. The number of rotatable bonds is 6. The summed E-state index contributed by atoms with van der Waals surface area (Å²) in [6.07, 6.45) is 6.20. The predicted molar refractivity (Wildman–Crippen MR) is 144 cm³/mol. The van der Waals surface area contributed by atoms with Gasteiger partial charge in [-0.3, -0.25) is 19.3 Å². The van der Waals surface area contributed by atoms with Crippen molar-refractivity contribution in [3.8, 4) is 11.5 Å². The summed E-state index contributed by atoms with van der Waals surface area (Å²) in [5.41, 5.74) is 2.41. The van der Waals surface area contributed by atoms with E-state index in [-0.39, 0.29) is 29.3 Å². The molecule has 0 aliphatic carbocycles. The molecule has 2 amide bonds. The fraction of sp³-hybridized carbons (Fsp3) is 0.310. The van der Waals surface area contributed by atoms with Crippen molar-refractivity contribution in [1.29, 1.82) is 0 Å². The molecule has 1 N–H and O–H groups in total. The lowest BCUT2D eigenvalue weighted by molar-refractivity contribution is -0.117. The standard InChI is InChI=1S/C29H30FN5O3/c1-18-24(10-7-19(28(18)30)14-26(36)33-20-16-32-35(17-20)29(2,3)4)38-25-11-12-31-23-9-8-21(15-22(23)25)34-13-5-6-27(34)37/h7-12,15-17H,5-6,13-14H2,1-4H3,(H,33,36). The molecule has 0 atom stereocenters. The number of nitrogens with one attached hydrogen (secondary N) is 1. The number of carbonyl (C=O) groups excluding carboxylic acids is 2. The summed E-state index contributed by atoms with van der Waals surface area (Å²) in [6, 6.07) is 10.6. The first kappa shape index (κ1) is 25.4. The number of fused-ring (bicyclic) bond motifs is 1. The molecule has 0 spiro atoms. The van der Waals surface area contributed by atoms with Crippen LogP contribution in [0.5, 0.6) is 11.5 Å². The molecule has 4 aromatic rings. The average molecular weight is 516 g/mol. The van der Waals surface area contributed by atoms with Crippen LogP contribution in [0.25, 0.3) is 10.9 Å². The van der Waals surface area contributed by atoms with Crippen molar-refractivity contribution in [2.45, 2.75) is 52.5 Å². The normalized spacial score (nSPS) is 13.8. The number of halogens is 1. The molecular formula is C29H30FN5O3. The summed E-state index contributed by atoms with van der Waals surface area (Å²) in [7, 11) is 0. The summed E-state index contributed by atoms with van der Waals surface area (Å²) < 4.78 is 23.2. The molecule has 2 aromatic carbocycles. The smallest absolute Gasteiger partial charge is 0.228 e. The zero-order chi connectivity index (χ0) is 27.0. The van der Waals surface area contributed by atoms with Gasteiger partial charge in [0, 0.05) is 42.0 Å². The molecule has 1 aliphatic heterocycles. The largest absolute Gasteiger partial charge is 0.456 e. The molecule has 1 saturated heterocycles. The van der Waals surface area contributed by atoms with Gasteiger partial charge in [0.05, 0.1) is 29.4 Å². The van der Waals surface area contributed by atoms with Crippen molar-refractivity contribution in [3.05, 3.63) is 71.9 Å². The maximum atomic E-state index is 15.3. The van der Waals surface area contributed by atoms with E-state index in [9.17, 15) is 9.59 Å². The lowest BCUT2D eigenvalue weighted by Gasteiger charge is -2.18. The van der Waals surface area contributed by atoms with Gasteiger partial charge in [-0.1, -0.05) is 6.07 Å². The molecule has 196 valence electrons. The van der Waals surface area contributed by atoms with Gasteiger partial charge in [-0.25, -0.2) is 4.39 Å². The highest BCUT2D eigenvalue weighted by atomic mass is 19.1. The highest BCUT2D eigenvalue weighted by Gasteiger charge is 2.23. The Morgan fingerprint density at radius 3 is 2.68 bits per heavy atom. The summed E-state index contributed by atoms with van der Waals surface area (Å²) in [6.45, 7) is 8.33. The van der Waals surface area contributed by atoms with Crippen molar-refractivity contribution < 1.29 is 18.7 Å². The lowest BCUT2D eigenvalue weighted by Crippen LogP contribution is -2.23. The third-order valence-corrected chi connectivity index (χ3v) is 6.61. The topological polar surface area (TPSA) is 89.3 Å². The summed E-state index contributed by atoms with van der Waals surface area (Å²) in [5, 5.41) is 7.78. The number of benzene rings is 2. The molecular weight excluding hydrogens is 485 g/mol. The Morgan fingerprint density at radius 2 is 1.97 bits per heavy atom. The van der Waals surface area contributed by atoms with Crippen LogP contribution in [-0.2, 0) is 21.5 Å². The number of ether oxygens (including phenoxy) is 1. The van der Waals surface area contributed by atoms with E-state index in [2.05, 4.69) is 15.4 Å². The Balaban J connectivity index is 1.35. The zero-order valence-corrected chi connectivity index (χ0v) is 21.9. The molecule has 5 rings (SSSR count). The van der Waals surface area contributed by atoms with Gasteiger partial charge >= 0.3 is 0 Å². The van der Waals surface area contributed by atoms with Gasteiger partial charge in [-0.2, -0.15) is 5.10 Å². The summed E-state index contributed by atoms with van der Waals surface area (Å²) in [4.78, 5) is 31.0. The van der Waals surface area contributed by atoms with E-state index in [1.165, 1.54) is 0 Å². The van der Waals surface area contributed by atoms with Crippen LogP contribution in [0.2, 0.25) is 0 Å². The molecule has 0 bridgehead atoms. The van der Waals surface area contributed by atoms with Crippen LogP contribution >= 0.6 is 0 Å². The van der Waals surface area contributed by atoms with E-state index in [1.54, 1.807) is 53.3 Å². The quantitative estimate of drug-likeness (QED) is 0.354. The van der Waals surface area contributed by atoms with E-state index in [4.69, 9.17) is 4.74 Å². The maximum absolute atomic E-state index is 15.3. The van der Waals surface area contributed by atoms with Gasteiger partial charge in [0.15, 0.2) is 0 Å². The van der Waals surface area contributed by atoms with Crippen LogP contribution in [0.3, 0.4) is 0 Å². The van der Waals surface area contributed by atoms with Crippen molar-refractivity contribution in [2.75, 3.05) is 16.8 Å². The zero-order valence-electron chi connectivity index (χ0n) is 21.9. The number of nitrogens with zero attached hydrogens (tertiary/aromatic N) is 4. The van der Waals surface area contributed by atoms with Crippen LogP contribution < -0.4 is 15.0 Å². The number of carbonyl (C=O) groups is 2. The average Bonchev–Trinajstić information content (AvgIpc) is 3.52. The number of amides is 2. The van der Waals surface area contributed by atoms with Crippen molar-refractivity contribution in [2.24, 2.45) is 0 Å². The number of hydrogen-bond acceptors (Lipinski definition) is 5. The van der Waals surface area contributed by atoms with Gasteiger partial charge in [-0.15, -0.1) is 0 Å². The van der Waals surface area contributed by atoms with Crippen molar-refractivity contribution in [3.63, 3.8) is 0 Å². The fourth-order valence-corrected chi connectivity index (χ4v) is 4.51. The van der Waals surface area contributed by atoms with Crippen molar-refractivity contribution >= 4 is 34.1 Å². The Labute approximate surface area is 220 Å². The van der Waals surface area contributed by atoms with Gasteiger partial charge in [0.25, 0.3) is 0 Å². The summed E-state index contributed by atoms with van der Waals surface area (Å²) >= 11 is 0. The van der Waals surface area contributed by atoms with Gasteiger partial charge in [0.2, 0.25) is 11.8 Å². The van der Waals surface area contributed by atoms with Crippen LogP contribution in [0.1, 0.15) is 44.7 Å². The second kappa shape index (κ2) is 9.89. The number of pyridine rings is 1. The second-order valence-corrected chi connectivity index (χ2v) is 10.5. The third-order valence-electron chi connectivity index (χ3n) is 6.61. The molecule has 0 saturated carbocycles. The molecule has 1 fully saturated rings. The first-order valence-corrected chi connectivity index (χ1v) is 12.6. The monoisotopic (exact) mass is 515 g/mol. The number of anilines is 2. The lowest BCUT2D eigenvalue weighted by atomic mass is 10.1. The molecule has 1 aliphatic rings. The van der Waals surface area contributed by atoms with Crippen LogP contribution in [0, 0.1) is 12.7 Å². The minimum Gasteiger partial charge on any atom is -0.456 e. The molecule has 38 heavy (non-hydrogen) atoms. The highest BCUT2D eigenvalue weighted by Crippen LogP contribution is 2.35. The SMILES string of the molecule is Cc1c(Oc2ccnc3ccc(N4CCCC4=O)cc23)ccc(CC(=O)Nc2cnn(C(C)(C)C)c2)c1F. The Bertz CT molecular complexity index is 1540. The van der Waals surface area contributed by atoms with E-state index in [1.807, 2.05) is 39.0 Å². The first-order chi connectivity index (χ1) is 18.1. The first-order valence-electron chi connectivity index (χ1n) is 12.6. The van der Waals surface area contributed by atoms with Crippen LogP contribution in [-0.4, -0.2) is 33.1 Å². The second-order valence-electron chi connectivity index (χ2n) is 10.5. The Kier molecular flexibility index (Phi) is 6.60. The van der Waals surface area contributed by atoms with E-state index >= 15 is 4.39 Å². The van der Waals surface area contributed by atoms with Gasteiger partial charge < -0.3 is 15.0 Å². The minimum atomic E-state index is -0.496. The predicted octanol–water partition coefficient (Wildman–Crippen LogP) is 5.73. The Hall–Kier alpha value is -4.27. The van der Waals surface area contributed by atoms with E-state index < -0.39 is 5.82 Å². The number of aromatic nitrogens is 3. The van der Waals surface area contributed by atoms with Crippen molar-refractivity contribution in [1.82, 2.24) is 14.8 Å². The molecule has 8 nitrogen and oxygen atoms in total. The Morgan fingerprint density at radius 1 is 1.16 bits per heavy atom. The van der Waals surface area contributed by atoms with E-state index in [0.717, 1.165) is 17.5 Å². The van der Waals surface area contributed by atoms with Gasteiger partial charge in [0.1, 0.15) is 17.3 Å². The molecule has 0 unspecified atom stereocenters. The molecule has 0 radical (unpaired) electrons.